The molecule has 2 N–H and O–H groups in total. The minimum absolute atomic E-state index is 0.428. The SMILES string of the molecule is Cn1c(Br)nc2c(N)nc(SCCCc3ccccc3)nc21. The zero-order valence-electron chi connectivity index (χ0n) is 12.2. The van der Waals surface area contributed by atoms with Crippen LogP contribution in [-0.2, 0) is 13.5 Å². The van der Waals surface area contributed by atoms with Gasteiger partial charge in [-0.2, -0.15) is 0 Å². The normalized spacial score (nSPS) is 11.2. The predicted octanol–water partition coefficient (Wildman–Crippen LogP) is 3.43. The third kappa shape index (κ3) is 3.25. The first kappa shape index (κ1) is 15.3. The van der Waals surface area contributed by atoms with Crippen LogP contribution >= 0.6 is 27.7 Å². The number of nitrogens with zero attached hydrogens (tertiary/aromatic N) is 4. The summed E-state index contributed by atoms with van der Waals surface area (Å²) in [5, 5.41) is 0.702. The maximum absolute atomic E-state index is 5.97. The van der Waals surface area contributed by atoms with Crippen LogP contribution in [0.15, 0.2) is 40.2 Å². The van der Waals surface area contributed by atoms with Gasteiger partial charge in [-0.15, -0.1) is 0 Å². The van der Waals surface area contributed by atoms with Crippen LogP contribution in [-0.4, -0.2) is 25.3 Å². The molecule has 114 valence electrons. The van der Waals surface area contributed by atoms with Crippen LogP contribution in [0, 0.1) is 0 Å². The van der Waals surface area contributed by atoms with Crippen molar-refractivity contribution < 1.29 is 0 Å². The van der Waals surface area contributed by atoms with Crippen molar-refractivity contribution in [2.24, 2.45) is 7.05 Å². The summed E-state index contributed by atoms with van der Waals surface area (Å²) in [6.45, 7) is 0. The van der Waals surface area contributed by atoms with E-state index in [1.54, 1.807) is 11.8 Å². The number of hydrogen-bond acceptors (Lipinski definition) is 5. The zero-order valence-corrected chi connectivity index (χ0v) is 14.6. The van der Waals surface area contributed by atoms with Crippen LogP contribution in [0.5, 0.6) is 0 Å². The molecule has 0 atom stereocenters. The van der Waals surface area contributed by atoms with Gasteiger partial charge in [0.2, 0.25) is 0 Å². The molecule has 0 fully saturated rings. The Bertz CT molecular complexity index is 787. The molecule has 0 radical (unpaired) electrons. The lowest BCUT2D eigenvalue weighted by Crippen LogP contribution is -1.99. The predicted molar refractivity (Wildman–Crippen MR) is 93.9 cm³/mol. The highest BCUT2D eigenvalue weighted by atomic mass is 79.9. The van der Waals surface area contributed by atoms with Crippen molar-refractivity contribution in [3.63, 3.8) is 0 Å². The number of fused-ring (bicyclic) bond motifs is 1. The van der Waals surface area contributed by atoms with Crippen LogP contribution in [0.3, 0.4) is 0 Å². The van der Waals surface area contributed by atoms with Gasteiger partial charge in [-0.1, -0.05) is 42.1 Å². The second-order valence-electron chi connectivity index (χ2n) is 4.94. The van der Waals surface area contributed by atoms with Gasteiger partial charge in [0, 0.05) is 12.8 Å². The highest BCUT2D eigenvalue weighted by molar-refractivity contribution is 9.10. The van der Waals surface area contributed by atoms with Crippen LogP contribution < -0.4 is 5.73 Å². The maximum atomic E-state index is 5.97. The molecule has 0 unspecified atom stereocenters. The lowest BCUT2D eigenvalue weighted by atomic mass is 10.1. The molecular formula is C15H16BrN5S. The fraction of sp³-hybridized carbons (Fsp3) is 0.267. The minimum Gasteiger partial charge on any atom is -0.382 e. The van der Waals surface area contributed by atoms with E-state index in [-0.39, 0.29) is 0 Å². The van der Waals surface area contributed by atoms with Crippen LogP contribution in [0.1, 0.15) is 12.0 Å². The summed E-state index contributed by atoms with van der Waals surface area (Å²) < 4.78 is 2.57. The van der Waals surface area contributed by atoms with E-state index in [4.69, 9.17) is 5.73 Å². The molecule has 0 amide bonds. The largest absolute Gasteiger partial charge is 0.382 e. The second-order valence-corrected chi connectivity index (χ2v) is 6.71. The van der Waals surface area contributed by atoms with Gasteiger partial charge in [-0.05, 0) is 34.3 Å². The smallest absolute Gasteiger partial charge is 0.191 e. The zero-order chi connectivity index (χ0) is 15.5. The van der Waals surface area contributed by atoms with E-state index in [0.717, 1.165) is 24.2 Å². The Morgan fingerprint density at radius 2 is 1.95 bits per heavy atom. The van der Waals surface area contributed by atoms with Gasteiger partial charge in [0.15, 0.2) is 26.9 Å². The van der Waals surface area contributed by atoms with Gasteiger partial charge in [-0.25, -0.2) is 15.0 Å². The summed E-state index contributed by atoms with van der Waals surface area (Å²) in [6, 6.07) is 10.5. The molecule has 7 heteroatoms. The lowest BCUT2D eigenvalue weighted by Gasteiger charge is -2.03. The number of nitrogen functional groups attached to an aromatic ring is 1. The number of imidazole rings is 1. The van der Waals surface area contributed by atoms with Crippen molar-refractivity contribution in [3.8, 4) is 0 Å². The molecule has 22 heavy (non-hydrogen) atoms. The molecule has 3 aromatic rings. The van der Waals surface area contributed by atoms with Crippen molar-refractivity contribution in [1.82, 2.24) is 19.5 Å². The first-order valence-corrected chi connectivity index (χ1v) is 8.75. The molecule has 0 aliphatic rings. The summed E-state index contributed by atoms with van der Waals surface area (Å²) in [7, 11) is 1.90. The molecule has 5 nitrogen and oxygen atoms in total. The first-order chi connectivity index (χ1) is 10.6. The molecule has 2 aromatic heterocycles. The summed E-state index contributed by atoms with van der Waals surface area (Å²) >= 11 is 5.01. The second kappa shape index (κ2) is 6.66. The minimum atomic E-state index is 0.428. The Hall–Kier alpha value is -1.60. The van der Waals surface area contributed by atoms with Crippen LogP contribution in [0.25, 0.3) is 11.2 Å². The third-order valence-corrected chi connectivity index (χ3v) is 5.00. The van der Waals surface area contributed by atoms with Crippen LogP contribution in [0.2, 0.25) is 0 Å². The summed E-state index contributed by atoms with van der Waals surface area (Å²) in [6.07, 6.45) is 2.13. The van der Waals surface area contributed by atoms with Gasteiger partial charge in [-0.3, -0.25) is 0 Å². The summed E-state index contributed by atoms with van der Waals surface area (Å²) in [5.74, 6) is 1.38. The van der Waals surface area contributed by atoms with Gasteiger partial charge in [0.25, 0.3) is 0 Å². The van der Waals surface area contributed by atoms with E-state index in [9.17, 15) is 0 Å². The highest BCUT2D eigenvalue weighted by Gasteiger charge is 2.13. The average Bonchev–Trinajstić information content (AvgIpc) is 2.81. The molecule has 0 bridgehead atoms. The Morgan fingerprint density at radius 3 is 2.73 bits per heavy atom. The number of aryl methyl sites for hydroxylation is 2. The number of nitrogens with two attached hydrogens (primary N) is 1. The topological polar surface area (TPSA) is 69.6 Å². The Morgan fingerprint density at radius 1 is 1.18 bits per heavy atom. The summed E-state index contributed by atoms with van der Waals surface area (Å²) in [4.78, 5) is 13.2. The Labute approximate surface area is 141 Å². The van der Waals surface area contributed by atoms with Crippen molar-refractivity contribution in [2.75, 3.05) is 11.5 Å². The van der Waals surface area contributed by atoms with Crippen molar-refractivity contribution in [3.05, 3.63) is 40.6 Å². The van der Waals surface area contributed by atoms with Gasteiger partial charge >= 0.3 is 0 Å². The molecule has 1 aromatic carbocycles. The number of rotatable bonds is 5. The Balaban J connectivity index is 1.65. The third-order valence-electron chi connectivity index (χ3n) is 3.35. The molecule has 0 spiro atoms. The number of anilines is 1. The first-order valence-electron chi connectivity index (χ1n) is 6.97. The van der Waals surface area contributed by atoms with E-state index in [2.05, 4.69) is 55.1 Å². The molecule has 3 rings (SSSR count). The van der Waals surface area contributed by atoms with E-state index < -0.39 is 0 Å². The molecule has 0 aliphatic heterocycles. The van der Waals surface area contributed by atoms with E-state index in [0.29, 0.717) is 21.2 Å². The van der Waals surface area contributed by atoms with Crippen molar-refractivity contribution in [1.29, 1.82) is 0 Å². The van der Waals surface area contributed by atoms with Crippen molar-refractivity contribution >= 4 is 44.7 Å². The Kier molecular flexibility index (Phi) is 4.63. The molecule has 2 heterocycles. The molecular weight excluding hydrogens is 362 g/mol. The van der Waals surface area contributed by atoms with Crippen LogP contribution in [0.4, 0.5) is 5.82 Å². The number of thioether (sulfide) groups is 1. The van der Waals surface area contributed by atoms with Gasteiger partial charge in [0.05, 0.1) is 0 Å². The highest BCUT2D eigenvalue weighted by Crippen LogP contribution is 2.24. The number of halogens is 1. The number of benzene rings is 1. The van der Waals surface area contributed by atoms with E-state index in [1.165, 1.54) is 5.56 Å². The standard InChI is InChI=1S/C15H16BrN5S/c1-21-13-11(18-14(21)16)12(17)19-15(20-13)22-9-5-8-10-6-3-2-4-7-10/h2-4,6-7H,5,8-9H2,1H3,(H2,17,19,20). The molecule has 0 saturated carbocycles. The van der Waals surface area contributed by atoms with Crippen molar-refractivity contribution in [2.45, 2.75) is 18.0 Å². The maximum Gasteiger partial charge on any atom is 0.191 e. The average molecular weight is 378 g/mol. The fourth-order valence-electron chi connectivity index (χ4n) is 2.18. The van der Waals surface area contributed by atoms with Gasteiger partial charge in [0.1, 0.15) is 0 Å². The lowest BCUT2D eigenvalue weighted by molar-refractivity contribution is 0.876. The fourth-order valence-corrected chi connectivity index (χ4v) is 3.31. The number of hydrogen-bond donors (Lipinski definition) is 1. The van der Waals surface area contributed by atoms with Gasteiger partial charge < -0.3 is 10.3 Å². The van der Waals surface area contributed by atoms with E-state index in [1.807, 2.05) is 17.7 Å². The van der Waals surface area contributed by atoms with E-state index >= 15 is 0 Å². The monoisotopic (exact) mass is 377 g/mol. The molecule has 0 saturated heterocycles. The summed E-state index contributed by atoms with van der Waals surface area (Å²) in [5.41, 5.74) is 8.73. The molecule has 0 aliphatic carbocycles. The quantitative estimate of drug-likeness (QED) is 0.319. The number of aromatic nitrogens is 4.